The first-order valence-corrected chi connectivity index (χ1v) is 8.18. The van der Waals surface area contributed by atoms with Crippen LogP contribution in [0.4, 0.5) is 4.39 Å². The summed E-state index contributed by atoms with van der Waals surface area (Å²) in [5, 5.41) is 2.50. The molecular weight excluding hydrogens is 307 g/mol. The van der Waals surface area contributed by atoms with E-state index in [-0.39, 0.29) is 17.9 Å². The van der Waals surface area contributed by atoms with Crippen molar-refractivity contribution in [2.75, 3.05) is 13.6 Å². The Morgan fingerprint density at radius 1 is 1.33 bits per heavy atom. The van der Waals surface area contributed by atoms with Crippen molar-refractivity contribution in [3.8, 4) is 0 Å². The molecule has 1 aromatic carbocycles. The third-order valence-electron chi connectivity index (χ3n) is 3.82. The quantitative estimate of drug-likeness (QED) is 0.865. The van der Waals surface area contributed by atoms with Gasteiger partial charge < -0.3 is 5.73 Å². The van der Waals surface area contributed by atoms with Crippen LogP contribution in [0.15, 0.2) is 35.7 Å². The van der Waals surface area contributed by atoms with E-state index in [9.17, 15) is 4.39 Å². The first-order valence-electron chi connectivity index (χ1n) is 6.93. The van der Waals surface area contributed by atoms with Crippen LogP contribution in [0.1, 0.15) is 23.4 Å². The molecule has 0 bridgehead atoms. The van der Waals surface area contributed by atoms with Gasteiger partial charge in [-0.25, -0.2) is 4.39 Å². The lowest BCUT2D eigenvalue weighted by molar-refractivity contribution is 0.185. The molecular formula is C16H20ClFN2S. The lowest BCUT2D eigenvalue weighted by Crippen LogP contribution is -2.38. The minimum Gasteiger partial charge on any atom is -0.329 e. The predicted molar refractivity (Wildman–Crippen MR) is 88.5 cm³/mol. The van der Waals surface area contributed by atoms with Crippen LogP contribution < -0.4 is 5.73 Å². The minimum absolute atomic E-state index is 0.228. The van der Waals surface area contributed by atoms with Crippen LogP contribution in [0.3, 0.4) is 0 Å². The number of nitrogens with zero attached hydrogens (tertiary/aromatic N) is 1. The Morgan fingerprint density at radius 2 is 2.10 bits per heavy atom. The smallest absolute Gasteiger partial charge is 0.129 e. The van der Waals surface area contributed by atoms with Crippen LogP contribution in [0.2, 0.25) is 5.02 Å². The third kappa shape index (κ3) is 3.83. The zero-order valence-electron chi connectivity index (χ0n) is 12.2. The molecule has 0 saturated heterocycles. The molecule has 21 heavy (non-hydrogen) atoms. The zero-order valence-corrected chi connectivity index (χ0v) is 13.8. The third-order valence-corrected chi connectivity index (χ3v) is 5.05. The molecule has 2 unspecified atom stereocenters. The summed E-state index contributed by atoms with van der Waals surface area (Å²) in [7, 11) is 1.97. The molecule has 2 atom stereocenters. The van der Waals surface area contributed by atoms with Gasteiger partial charge in [0.1, 0.15) is 5.82 Å². The van der Waals surface area contributed by atoms with Gasteiger partial charge >= 0.3 is 0 Å². The molecule has 0 saturated carbocycles. The predicted octanol–water partition coefficient (Wildman–Crippen LogP) is 4.10. The Morgan fingerprint density at radius 3 is 2.67 bits per heavy atom. The average Bonchev–Trinajstić information content (AvgIpc) is 2.95. The number of hydrogen-bond acceptors (Lipinski definition) is 3. The van der Waals surface area contributed by atoms with Crippen molar-refractivity contribution >= 4 is 22.9 Å². The van der Waals surface area contributed by atoms with Gasteiger partial charge in [-0.1, -0.05) is 23.7 Å². The van der Waals surface area contributed by atoms with Crippen LogP contribution in [-0.4, -0.2) is 24.5 Å². The highest BCUT2D eigenvalue weighted by Gasteiger charge is 2.25. The van der Waals surface area contributed by atoms with Gasteiger partial charge in [0.25, 0.3) is 0 Å². The SMILES string of the molecule is CC(Cc1cccs1)N(C)C(CN)c1c(F)cccc1Cl. The van der Waals surface area contributed by atoms with Gasteiger partial charge in [-0.3, -0.25) is 4.90 Å². The van der Waals surface area contributed by atoms with E-state index in [1.54, 1.807) is 23.5 Å². The van der Waals surface area contributed by atoms with E-state index in [1.165, 1.54) is 10.9 Å². The van der Waals surface area contributed by atoms with Gasteiger partial charge in [0.15, 0.2) is 0 Å². The Hall–Kier alpha value is -0.940. The number of rotatable bonds is 6. The zero-order chi connectivity index (χ0) is 15.4. The number of benzene rings is 1. The Labute approximate surface area is 134 Å². The molecule has 2 N–H and O–H groups in total. The molecule has 0 aliphatic rings. The summed E-state index contributed by atoms with van der Waals surface area (Å²) in [6.07, 6.45) is 0.913. The molecule has 2 aromatic rings. The van der Waals surface area contributed by atoms with Gasteiger partial charge in [0.2, 0.25) is 0 Å². The molecule has 5 heteroatoms. The van der Waals surface area contributed by atoms with E-state index in [0.29, 0.717) is 17.1 Å². The van der Waals surface area contributed by atoms with Crippen molar-refractivity contribution in [2.45, 2.75) is 25.4 Å². The van der Waals surface area contributed by atoms with Crippen molar-refractivity contribution in [3.05, 3.63) is 57.0 Å². The molecule has 0 spiro atoms. The molecule has 114 valence electrons. The first-order chi connectivity index (χ1) is 10.0. The second-order valence-corrected chi connectivity index (χ2v) is 6.62. The monoisotopic (exact) mass is 326 g/mol. The summed E-state index contributed by atoms with van der Waals surface area (Å²) >= 11 is 7.91. The van der Waals surface area contributed by atoms with E-state index >= 15 is 0 Å². The van der Waals surface area contributed by atoms with Crippen LogP contribution in [0.25, 0.3) is 0 Å². The highest BCUT2D eigenvalue weighted by Crippen LogP contribution is 2.30. The summed E-state index contributed by atoms with van der Waals surface area (Å²) in [6.45, 7) is 2.45. The number of halogens is 2. The van der Waals surface area contributed by atoms with Crippen LogP contribution in [-0.2, 0) is 6.42 Å². The second-order valence-electron chi connectivity index (χ2n) is 5.18. The maximum atomic E-state index is 14.1. The molecule has 1 heterocycles. The van der Waals surface area contributed by atoms with E-state index in [1.807, 2.05) is 13.1 Å². The van der Waals surface area contributed by atoms with Gasteiger partial charge in [0.05, 0.1) is 6.04 Å². The van der Waals surface area contributed by atoms with Crippen molar-refractivity contribution in [1.82, 2.24) is 4.90 Å². The van der Waals surface area contributed by atoms with E-state index in [2.05, 4.69) is 23.3 Å². The van der Waals surface area contributed by atoms with E-state index < -0.39 is 0 Å². The fourth-order valence-electron chi connectivity index (χ4n) is 2.49. The van der Waals surface area contributed by atoms with E-state index in [0.717, 1.165) is 6.42 Å². The molecule has 0 aliphatic heterocycles. The summed E-state index contributed by atoms with van der Waals surface area (Å²) < 4.78 is 14.1. The maximum Gasteiger partial charge on any atom is 0.129 e. The fraction of sp³-hybridized carbons (Fsp3) is 0.375. The molecule has 0 radical (unpaired) electrons. The molecule has 2 rings (SSSR count). The van der Waals surface area contributed by atoms with Gasteiger partial charge in [-0.05, 0) is 44.0 Å². The summed E-state index contributed by atoms with van der Waals surface area (Å²) in [4.78, 5) is 3.41. The average molecular weight is 327 g/mol. The number of thiophene rings is 1. The molecule has 2 nitrogen and oxygen atoms in total. The Kier molecular flexibility index (Phi) is 5.76. The number of hydrogen-bond donors (Lipinski definition) is 1. The first kappa shape index (κ1) is 16.4. The standard InChI is InChI=1S/C16H20ClFN2S/c1-11(9-12-5-4-8-21-12)20(2)15(10-19)16-13(17)6-3-7-14(16)18/h3-8,11,15H,9-10,19H2,1-2H3. The van der Waals surface area contributed by atoms with Crippen molar-refractivity contribution < 1.29 is 4.39 Å². The fourth-order valence-corrected chi connectivity index (χ4v) is 3.60. The van der Waals surface area contributed by atoms with Crippen LogP contribution >= 0.6 is 22.9 Å². The van der Waals surface area contributed by atoms with Gasteiger partial charge in [-0.15, -0.1) is 11.3 Å². The summed E-state index contributed by atoms with van der Waals surface area (Å²) in [5.41, 5.74) is 6.38. The molecule has 0 aliphatic carbocycles. The van der Waals surface area contributed by atoms with Crippen LogP contribution in [0.5, 0.6) is 0 Å². The van der Waals surface area contributed by atoms with E-state index in [4.69, 9.17) is 17.3 Å². The summed E-state index contributed by atoms with van der Waals surface area (Å²) in [5.74, 6) is -0.298. The number of likely N-dealkylation sites (N-methyl/N-ethyl adjacent to an activating group) is 1. The Bertz CT molecular complexity index is 553. The van der Waals surface area contributed by atoms with Gasteiger partial charge in [-0.2, -0.15) is 0 Å². The molecule has 1 aromatic heterocycles. The maximum absolute atomic E-state index is 14.1. The highest BCUT2D eigenvalue weighted by molar-refractivity contribution is 7.09. The highest BCUT2D eigenvalue weighted by atomic mass is 35.5. The van der Waals surface area contributed by atoms with Crippen molar-refractivity contribution in [2.24, 2.45) is 5.73 Å². The van der Waals surface area contributed by atoms with Crippen molar-refractivity contribution in [1.29, 1.82) is 0 Å². The normalized spacial score (nSPS) is 14.4. The molecule has 0 fully saturated rings. The largest absolute Gasteiger partial charge is 0.329 e. The second kappa shape index (κ2) is 7.36. The summed E-state index contributed by atoms with van der Waals surface area (Å²) in [6, 6.07) is 8.93. The van der Waals surface area contributed by atoms with Crippen molar-refractivity contribution in [3.63, 3.8) is 0 Å². The Balaban J connectivity index is 2.20. The topological polar surface area (TPSA) is 29.3 Å². The number of nitrogens with two attached hydrogens (primary N) is 1. The lowest BCUT2D eigenvalue weighted by Gasteiger charge is -2.33. The molecule has 0 amide bonds. The minimum atomic E-state index is -0.298. The lowest BCUT2D eigenvalue weighted by atomic mass is 10.0. The van der Waals surface area contributed by atoms with Gasteiger partial charge in [0, 0.05) is 28.0 Å². The van der Waals surface area contributed by atoms with Crippen LogP contribution in [0, 0.1) is 5.82 Å².